The Bertz CT molecular complexity index is 1250. The van der Waals surface area contributed by atoms with Gasteiger partial charge in [0.2, 0.25) is 5.65 Å². The molecule has 3 aromatic rings. The zero-order valence-electron chi connectivity index (χ0n) is 20.9. The minimum Gasteiger partial charge on any atom is -0.408 e. The second kappa shape index (κ2) is 12.4. The van der Waals surface area contributed by atoms with Crippen LogP contribution in [-0.4, -0.2) is 64.3 Å². The van der Waals surface area contributed by atoms with Crippen molar-refractivity contribution in [3.63, 3.8) is 0 Å². The molecule has 1 aromatic carbocycles. The lowest BCUT2D eigenvalue weighted by Gasteiger charge is -2.18. The van der Waals surface area contributed by atoms with Crippen LogP contribution in [0.1, 0.15) is 60.2 Å². The molecule has 0 radical (unpaired) electrons. The van der Waals surface area contributed by atoms with E-state index in [1.807, 2.05) is 13.8 Å². The summed E-state index contributed by atoms with van der Waals surface area (Å²) < 4.78 is 30.8. The zero-order chi connectivity index (χ0) is 26.3. The van der Waals surface area contributed by atoms with Crippen LogP contribution in [0.15, 0.2) is 36.9 Å². The summed E-state index contributed by atoms with van der Waals surface area (Å²) in [6.45, 7) is 4.92. The Morgan fingerprint density at radius 2 is 1.51 bits per heavy atom. The van der Waals surface area contributed by atoms with Gasteiger partial charge in [-0.2, -0.15) is 4.73 Å². The van der Waals surface area contributed by atoms with E-state index in [-0.39, 0.29) is 36.5 Å². The van der Waals surface area contributed by atoms with Crippen molar-refractivity contribution in [2.24, 2.45) is 0 Å². The van der Waals surface area contributed by atoms with Gasteiger partial charge in [-0.25, -0.2) is 19.9 Å². The number of unbranched alkanes of at least 4 members (excludes halogenated alkanes) is 2. The van der Waals surface area contributed by atoms with Crippen molar-refractivity contribution in [1.29, 1.82) is 0 Å². The molecule has 0 unspecified atom stereocenters. The summed E-state index contributed by atoms with van der Waals surface area (Å²) in [5.41, 5.74) is 1.12. The maximum absolute atomic E-state index is 12.9. The molecule has 0 N–H and O–H groups in total. The Morgan fingerprint density at radius 1 is 0.865 bits per heavy atom. The van der Waals surface area contributed by atoms with Crippen molar-refractivity contribution in [3.8, 4) is 0 Å². The van der Waals surface area contributed by atoms with Gasteiger partial charge in [0.05, 0.1) is 30.9 Å². The number of carbonyl (C=O) groups is 2. The molecular weight excluding hydrogens is 501 g/mol. The number of amides is 2. The van der Waals surface area contributed by atoms with E-state index in [4.69, 9.17) is 18.6 Å². The lowest BCUT2D eigenvalue weighted by Crippen LogP contribution is -2.30. The first-order valence-electron chi connectivity index (χ1n) is 12.2. The van der Waals surface area contributed by atoms with Crippen LogP contribution < -0.4 is 9.74 Å². The van der Waals surface area contributed by atoms with E-state index in [0.717, 1.165) is 30.6 Å². The number of hydrogen-bond donors (Lipinski definition) is 0. The van der Waals surface area contributed by atoms with Gasteiger partial charge in [-0.15, -0.1) is 0 Å². The van der Waals surface area contributed by atoms with Gasteiger partial charge in [0.25, 0.3) is 11.8 Å². The number of fused-ring (bicyclic) bond motifs is 2. The number of aromatic nitrogens is 4. The Kier molecular flexibility index (Phi) is 8.99. The van der Waals surface area contributed by atoms with Gasteiger partial charge in [-0.1, -0.05) is 38.8 Å². The largest absolute Gasteiger partial charge is 0.408 e. The highest BCUT2D eigenvalue weighted by atomic mass is 31.2. The van der Waals surface area contributed by atoms with Gasteiger partial charge >= 0.3 is 7.60 Å². The highest BCUT2D eigenvalue weighted by molar-refractivity contribution is 7.53. The molecule has 198 valence electrons. The van der Waals surface area contributed by atoms with E-state index in [1.54, 1.807) is 24.3 Å². The molecule has 1 aliphatic rings. The molecule has 13 heteroatoms. The Balaban J connectivity index is 1.37. The maximum Gasteiger partial charge on any atom is 0.356 e. The predicted molar refractivity (Wildman–Crippen MR) is 134 cm³/mol. The smallest absolute Gasteiger partial charge is 0.356 e. The first kappa shape index (κ1) is 26.9. The quantitative estimate of drug-likeness (QED) is 0.162. The third-order valence-electron chi connectivity index (χ3n) is 5.57. The molecule has 1 aliphatic heterocycles. The molecule has 0 bridgehead atoms. The van der Waals surface area contributed by atoms with E-state index in [0.29, 0.717) is 24.3 Å². The van der Waals surface area contributed by atoms with Crippen LogP contribution in [0.25, 0.3) is 11.2 Å². The third kappa shape index (κ3) is 6.04. The highest BCUT2D eigenvalue weighted by Gasteiger charge is 2.38. The number of imide groups is 1. The van der Waals surface area contributed by atoms with Crippen molar-refractivity contribution >= 4 is 36.4 Å². The van der Waals surface area contributed by atoms with E-state index < -0.39 is 19.4 Å². The average Bonchev–Trinajstić information content (AvgIpc) is 3.43. The minimum atomic E-state index is -3.36. The first-order chi connectivity index (χ1) is 18.0. The number of nitrogens with zero attached hydrogens (tertiary/aromatic N) is 5. The molecule has 2 amide bonds. The number of ether oxygens (including phenoxy) is 1. The fourth-order valence-corrected chi connectivity index (χ4v) is 5.01. The van der Waals surface area contributed by atoms with Crippen LogP contribution in [0, 0.1) is 0 Å². The van der Waals surface area contributed by atoms with E-state index >= 15 is 0 Å². The predicted octanol–water partition coefficient (Wildman–Crippen LogP) is 3.86. The monoisotopic (exact) mass is 531 g/mol. The number of imidazole rings is 1. The zero-order valence-corrected chi connectivity index (χ0v) is 21.8. The second-order valence-electron chi connectivity index (χ2n) is 8.29. The summed E-state index contributed by atoms with van der Waals surface area (Å²) in [4.78, 5) is 45.0. The normalized spacial score (nSPS) is 13.5. The molecule has 0 atom stereocenters. The molecule has 4 rings (SSSR count). The highest BCUT2D eigenvalue weighted by Crippen LogP contribution is 2.48. The summed E-state index contributed by atoms with van der Waals surface area (Å²) in [5, 5.41) is 0. The topological polar surface area (TPSA) is 135 Å². The maximum atomic E-state index is 12.9. The molecule has 0 fully saturated rings. The fraction of sp³-hybridized carbons (Fsp3) is 0.458. The lowest BCUT2D eigenvalue weighted by molar-refractivity contribution is 0.0481. The second-order valence-corrected chi connectivity index (χ2v) is 10.3. The number of benzene rings is 1. The van der Waals surface area contributed by atoms with Crippen molar-refractivity contribution in [3.05, 3.63) is 48.0 Å². The summed E-state index contributed by atoms with van der Waals surface area (Å²) in [7, 11) is -3.36. The van der Waals surface area contributed by atoms with Crippen molar-refractivity contribution in [2.75, 3.05) is 37.7 Å². The van der Waals surface area contributed by atoms with Gasteiger partial charge in [0.1, 0.15) is 25.6 Å². The van der Waals surface area contributed by atoms with Gasteiger partial charge in [-0.05, 0) is 25.0 Å². The molecule has 2 aromatic heterocycles. The van der Waals surface area contributed by atoms with E-state index in [9.17, 15) is 14.2 Å². The Labute approximate surface area is 214 Å². The minimum absolute atomic E-state index is 0.0733. The van der Waals surface area contributed by atoms with Crippen LogP contribution in [-0.2, 0) is 18.3 Å². The van der Waals surface area contributed by atoms with Gasteiger partial charge < -0.3 is 18.6 Å². The van der Waals surface area contributed by atoms with E-state index in [2.05, 4.69) is 15.0 Å². The number of anilines is 1. The molecule has 37 heavy (non-hydrogen) atoms. The first-order valence-corrected chi connectivity index (χ1v) is 14.0. The van der Waals surface area contributed by atoms with Crippen molar-refractivity contribution in [1.82, 2.24) is 19.7 Å². The van der Waals surface area contributed by atoms with Crippen molar-refractivity contribution in [2.45, 2.75) is 39.5 Å². The Hall–Kier alpha value is -3.18. The van der Waals surface area contributed by atoms with Crippen LogP contribution in [0.5, 0.6) is 0 Å². The van der Waals surface area contributed by atoms with Crippen molar-refractivity contribution < 1.29 is 32.8 Å². The number of carbonyl (C=O) groups excluding carboxylic acids is 2. The third-order valence-corrected chi connectivity index (χ3v) is 7.22. The fourth-order valence-electron chi connectivity index (χ4n) is 3.62. The molecule has 12 nitrogen and oxygen atoms in total. The molecule has 0 aliphatic carbocycles. The van der Waals surface area contributed by atoms with Crippen LogP contribution in [0.2, 0.25) is 0 Å². The summed E-state index contributed by atoms with van der Waals surface area (Å²) in [6, 6.07) is 6.58. The van der Waals surface area contributed by atoms with Crippen LogP contribution >= 0.6 is 7.60 Å². The molecule has 3 heterocycles. The van der Waals surface area contributed by atoms with E-state index in [1.165, 1.54) is 17.4 Å². The SMILES string of the molecule is CCCCOP(=O)(COCCOn1cnc2c(N3C(=O)c4ccccc4C3=O)ncnc21)OCCCC. The Morgan fingerprint density at radius 3 is 2.14 bits per heavy atom. The van der Waals surface area contributed by atoms with Gasteiger partial charge in [0, 0.05) is 0 Å². The molecular formula is C24H30N5O7P. The van der Waals surface area contributed by atoms with Gasteiger partial charge in [-0.3, -0.25) is 14.2 Å². The summed E-state index contributed by atoms with van der Waals surface area (Å²) >= 11 is 0. The number of hydrogen-bond acceptors (Lipinski definition) is 10. The summed E-state index contributed by atoms with van der Waals surface area (Å²) in [5.74, 6) is -0.878. The number of rotatable bonds is 15. The average molecular weight is 532 g/mol. The van der Waals surface area contributed by atoms with Crippen LogP contribution in [0.3, 0.4) is 0 Å². The lowest BCUT2D eigenvalue weighted by atomic mass is 10.1. The van der Waals surface area contributed by atoms with Crippen LogP contribution in [0.4, 0.5) is 5.82 Å². The summed E-state index contributed by atoms with van der Waals surface area (Å²) in [6.07, 6.45) is 5.82. The molecule has 0 saturated heterocycles. The standard InChI is InChI=1S/C24H30N5O7P/c1-3-5-11-35-37(32,36-12-6-4-2)17-33-13-14-34-28-16-27-20-21(28)25-15-26-22(20)29-23(30)18-9-7-8-10-19(18)24(29)31/h7-10,15-16H,3-6,11-14,17H2,1-2H3. The molecule has 0 spiro atoms. The van der Waals surface area contributed by atoms with Gasteiger partial charge in [0.15, 0.2) is 11.3 Å². The molecule has 0 saturated carbocycles.